The van der Waals surface area contributed by atoms with Crippen molar-refractivity contribution in [2.45, 2.75) is 46.1 Å². The highest BCUT2D eigenvalue weighted by Gasteiger charge is 2.26. The van der Waals surface area contributed by atoms with Crippen molar-refractivity contribution >= 4 is 10.0 Å². The molecule has 1 saturated heterocycles. The quantitative estimate of drug-likeness (QED) is 0.828. The Morgan fingerprint density at radius 3 is 2.48 bits per heavy atom. The normalized spacial score (nSPS) is 18.3. The van der Waals surface area contributed by atoms with Crippen LogP contribution in [0.25, 0.3) is 0 Å². The first-order chi connectivity index (χ1) is 10.9. The molecule has 0 spiro atoms. The predicted molar refractivity (Wildman–Crippen MR) is 93.8 cm³/mol. The SMILES string of the molecule is Cc1ccccc1[C@H](CC(C)C)NS(=O)(=O)CC1CCOCC1. The Kier molecular flexibility index (Phi) is 6.62. The minimum Gasteiger partial charge on any atom is -0.381 e. The van der Waals surface area contributed by atoms with Gasteiger partial charge in [0.1, 0.15) is 0 Å². The standard InChI is InChI=1S/C18H29NO3S/c1-14(2)12-18(17-7-5-4-6-15(17)3)19-23(20,21)13-16-8-10-22-11-9-16/h4-7,14,16,18-19H,8-13H2,1-3H3/t18-/m0/s1. The van der Waals surface area contributed by atoms with Crippen LogP contribution < -0.4 is 4.72 Å². The van der Waals surface area contributed by atoms with Gasteiger partial charge in [-0.3, -0.25) is 0 Å². The molecule has 1 N–H and O–H groups in total. The molecule has 0 saturated carbocycles. The maximum Gasteiger partial charge on any atom is 0.212 e. The molecule has 1 atom stereocenters. The van der Waals surface area contributed by atoms with Gasteiger partial charge in [-0.1, -0.05) is 38.1 Å². The Bertz CT molecular complexity index is 592. The summed E-state index contributed by atoms with van der Waals surface area (Å²) in [5.41, 5.74) is 2.21. The number of sulfonamides is 1. The first kappa shape index (κ1) is 18.4. The van der Waals surface area contributed by atoms with E-state index in [1.807, 2.05) is 31.2 Å². The number of aryl methyl sites for hydroxylation is 1. The van der Waals surface area contributed by atoms with Crippen LogP contribution in [-0.2, 0) is 14.8 Å². The smallest absolute Gasteiger partial charge is 0.212 e. The number of hydrogen-bond acceptors (Lipinski definition) is 3. The molecule has 0 bridgehead atoms. The largest absolute Gasteiger partial charge is 0.381 e. The zero-order valence-electron chi connectivity index (χ0n) is 14.4. The summed E-state index contributed by atoms with van der Waals surface area (Å²) in [6.07, 6.45) is 2.47. The van der Waals surface area contributed by atoms with Crippen LogP contribution in [0, 0.1) is 18.8 Å². The topological polar surface area (TPSA) is 55.4 Å². The monoisotopic (exact) mass is 339 g/mol. The summed E-state index contributed by atoms with van der Waals surface area (Å²) in [6.45, 7) is 7.63. The van der Waals surface area contributed by atoms with E-state index < -0.39 is 10.0 Å². The van der Waals surface area contributed by atoms with Crippen LogP contribution in [0.1, 0.15) is 50.3 Å². The Morgan fingerprint density at radius 2 is 1.87 bits per heavy atom. The van der Waals surface area contributed by atoms with Crippen molar-refractivity contribution in [1.82, 2.24) is 4.72 Å². The molecule has 1 fully saturated rings. The van der Waals surface area contributed by atoms with Gasteiger partial charge >= 0.3 is 0 Å². The maximum absolute atomic E-state index is 12.6. The van der Waals surface area contributed by atoms with Crippen molar-refractivity contribution in [2.24, 2.45) is 11.8 Å². The van der Waals surface area contributed by atoms with E-state index in [-0.39, 0.29) is 17.7 Å². The van der Waals surface area contributed by atoms with Gasteiger partial charge in [0.2, 0.25) is 10.0 Å². The average Bonchev–Trinajstić information content (AvgIpc) is 2.46. The molecule has 0 unspecified atom stereocenters. The number of ether oxygens (including phenoxy) is 1. The highest BCUT2D eigenvalue weighted by molar-refractivity contribution is 7.89. The fraction of sp³-hybridized carbons (Fsp3) is 0.667. The number of benzene rings is 1. The van der Waals surface area contributed by atoms with E-state index in [1.54, 1.807) is 0 Å². The third-order valence-corrected chi connectivity index (χ3v) is 5.94. The molecule has 130 valence electrons. The van der Waals surface area contributed by atoms with Crippen molar-refractivity contribution < 1.29 is 13.2 Å². The molecule has 23 heavy (non-hydrogen) atoms. The van der Waals surface area contributed by atoms with Crippen molar-refractivity contribution in [3.63, 3.8) is 0 Å². The molecule has 1 heterocycles. The highest BCUT2D eigenvalue weighted by Crippen LogP contribution is 2.26. The fourth-order valence-corrected chi connectivity index (χ4v) is 4.88. The minimum absolute atomic E-state index is 0.152. The molecule has 1 aromatic rings. The average molecular weight is 340 g/mol. The third-order valence-electron chi connectivity index (χ3n) is 4.39. The van der Waals surface area contributed by atoms with E-state index in [2.05, 4.69) is 18.6 Å². The second kappa shape index (κ2) is 8.27. The van der Waals surface area contributed by atoms with Gasteiger partial charge in [-0.05, 0) is 49.1 Å². The number of nitrogens with one attached hydrogen (secondary N) is 1. The van der Waals surface area contributed by atoms with Crippen molar-refractivity contribution in [2.75, 3.05) is 19.0 Å². The van der Waals surface area contributed by atoms with E-state index in [9.17, 15) is 8.42 Å². The molecule has 5 heteroatoms. The highest BCUT2D eigenvalue weighted by atomic mass is 32.2. The van der Waals surface area contributed by atoms with Crippen LogP contribution in [-0.4, -0.2) is 27.4 Å². The van der Waals surface area contributed by atoms with E-state index >= 15 is 0 Å². The molecule has 1 aliphatic rings. The second-order valence-corrected chi connectivity index (χ2v) is 8.79. The van der Waals surface area contributed by atoms with Gasteiger partial charge in [-0.2, -0.15) is 0 Å². The predicted octanol–water partition coefficient (Wildman–Crippen LogP) is 3.43. The molecule has 0 aromatic heterocycles. The molecular formula is C18H29NO3S. The first-order valence-corrected chi connectivity index (χ1v) is 10.2. The lowest BCUT2D eigenvalue weighted by atomic mass is 9.95. The van der Waals surface area contributed by atoms with Crippen molar-refractivity contribution in [1.29, 1.82) is 0 Å². The Balaban J connectivity index is 2.11. The molecule has 0 radical (unpaired) electrons. The number of rotatable bonds is 7. The lowest BCUT2D eigenvalue weighted by Gasteiger charge is -2.26. The summed E-state index contributed by atoms with van der Waals surface area (Å²) in [5, 5.41) is 0. The molecule has 1 aliphatic heterocycles. The minimum atomic E-state index is -3.30. The van der Waals surface area contributed by atoms with Crippen molar-refractivity contribution in [3.05, 3.63) is 35.4 Å². The lowest BCUT2D eigenvalue weighted by molar-refractivity contribution is 0.0722. The van der Waals surface area contributed by atoms with E-state index in [1.165, 1.54) is 0 Å². The molecule has 4 nitrogen and oxygen atoms in total. The zero-order valence-corrected chi connectivity index (χ0v) is 15.2. The summed E-state index contributed by atoms with van der Waals surface area (Å²) in [5.74, 6) is 0.833. The van der Waals surface area contributed by atoms with Gasteiger partial charge in [0.15, 0.2) is 0 Å². The van der Waals surface area contributed by atoms with Crippen molar-refractivity contribution in [3.8, 4) is 0 Å². The van der Waals surface area contributed by atoms with Gasteiger partial charge in [0.05, 0.1) is 5.75 Å². The fourth-order valence-electron chi connectivity index (χ4n) is 3.18. The zero-order chi connectivity index (χ0) is 16.9. The van der Waals surface area contributed by atoms with Crippen LogP contribution >= 0.6 is 0 Å². The van der Waals surface area contributed by atoms with Crippen LogP contribution in [0.3, 0.4) is 0 Å². The molecule has 0 aliphatic carbocycles. The molecule has 1 aromatic carbocycles. The van der Waals surface area contributed by atoms with Crippen LogP contribution in [0.15, 0.2) is 24.3 Å². The van der Waals surface area contributed by atoms with Crippen LogP contribution in [0.2, 0.25) is 0 Å². The number of hydrogen-bond donors (Lipinski definition) is 1. The van der Waals surface area contributed by atoms with E-state index in [0.29, 0.717) is 19.1 Å². The molecular weight excluding hydrogens is 310 g/mol. The van der Waals surface area contributed by atoms with Crippen LogP contribution in [0.4, 0.5) is 0 Å². The summed E-state index contributed by atoms with van der Waals surface area (Å²) in [7, 11) is -3.30. The summed E-state index contributed by atoms with van der Waals surface area (Å²) in [6, 6.07) is 7.87. The van der Waals surface area contributed by atoms with Gasteiger partial charge < -0.3 is 4.74 Å². The van der Waals surface area contributed by atoms with Crippen LogP contribution in [0.5, 0.6) is 0 Å². The van der Waals surface area contributed by atoms with E-state index in [4.69, 9.17) is 4.74 Å². The van der Waals surface area contributed by atoms with Gasteiger partial charge in [-0.15, -0.1) is 0 Å². The molecule has 2 rings (SSSR count). The Morgan fingerprint density at radius 1 is 1.22 bits per heavy atom. The maximum atomic E-state index is 12.6. The van der Waals surface area contributed by atoms with Gasteiger partial charge in [0.25, 0.3) is 0 Å². The van der Waals surface area contributed by atoms with E-state index in [0.717, 1.165) is 30.4 Å². The third kappa shape index (κ3) is 5.90. The lowest BCUT2D eigenvalue weighted by Crippen LogP contribution is -2.35. The summed E-state index contributed by atoms with van der Waals surface area (Å²) >= 11 is 0. The second-order valence-electron chi connectivity index (χ2n) is 6.99. The Hall–Kier alpha value is -0.910. The van der Waals surface area contributed by atoms with Gasteiger partial charge in [0, 0.05) is 19.3 Å². The van der Waals surface area contributed by atoms with Gasteiger partial charge in [-0.25, -0.2) is 13.1 Å². The summed E-state index contributed by atoms with van der Waals surface area (Å²) in [4.78, 5) is 0. The molecule has 0 amide bonds. The first-order valence-electron chi connectivity index (χ1n) is 8.50. The summed E-state index contributed by atoms with van der Waals surface area (Å²) < 4.78 is 33.5. The Labute approximate surface area is 140 Å².